The third kappa shape index (κ3) is 11.8. The first-order chi connectivity index (χ1) is 15.1. The number of hydrogen-bond donors (Lipinski definition) is 2. The summed E-state index contributed by atoms with van der Waals surface area (Å²) in [5.41, 5.74) is 0. The van der Waals surface area contributed by atoms with Crippen molar-refractivity contribution in [1.29, 1.82) is 0 Å². The molecular weight excluding hydrogens is 400 g/mol. The molecule has 0 aliphatic carbocycles. The second-order valence-corrected chi connectivity index (χ2v) is 8.27. The topological polar surface area (TPSA) is 89.6 Å². The zero-order chi connectivity index (χ0) is 22.3. The fraction of sp³-hybridized carbons (Fsp3) is 0.905. The highest BCUT2D eigenvalue weighted by molar-refractivity contribution is 5.77. The van der Waals surface area contributed by atoms with Gasteiger partial charge < -0.3 is 25.0 Å². The molecule has 0 aromatic rings. The Balaban J connectivity index is 1.39. The Labute approximate surface area is 187 Å². The van der Waals surface area contributed by atoms with Gasteiger partial charge in [0, 0.05) is 92.0 Å². The number of ether oxygens (including phenoxy) is 2. The van der Waals surface area contributed by atoms with Crippen LogP contribution >= 0.6 is 0 Å². The average molecular weight is 443 g/mol. The van der Waals surface area contributed by atoms with Crippen LogP contribution in [0.2, 0.25) is 0 Å². The summed E-state index contributed by atoms with van der Waals surface area (Å²) in [6, 6.07) is 0. The minimum absolute atomic E-state index is 0.0120. The lowest BCUT2D eigenvalue weighted by Crippen LogP contribution is -2.49. The Morgan fingerprint density at radius 3 is 1.90 bits per heavy atom. The largest absolute Gasteiger partial charge is 0.380 e. The van der Waals surface area contributed by atoms with Crippen LogP contribution in [-0.2, 0) is 19.1 Å². The maximum atomic E-state index is 11.9. The van der Waals surface area contributed by atoms with E-state index in [0.29, 0.717) is 32.8 Å². The summed E-state index contributed by atoms with van der Waals surface area (Å²) in [6.07, 6.45) is 0.414. The first-order valence-corrected chi connectivity index (χ1v) is 11.5. The highest BCUT2D eigenvalue weighted by Crippen LogP contribution is 2.01. The summed E-state index contributed by atoms with van der Waals surface area (Å²) in [5, 5.41) is 5.54. The molecule has 0 aromatic carbocycles. The molecule has 180 valence electrons. The maximum Gasteiger partial charge on any atom is 0.246 e. The van der Waals surface area contributed by atoms with Gasteiger partial charge in [-0.05, 0) is 7.05 Å². The van der Waals surface area contributed by atoms with Crippen molar-refractivity contribution in [2.24, 2.45) is 0 Å². The molecule has 2 fully saturated rings. The second-order valence-electron chi connectivity index (χ2n) is 8.27. The minimum Gasteiger partial charge on any atom is -0.380 e. The van der Waals surface area contributed by atoms with Gasteiger partial charge in [0.1, 0.15) is 6.61 Å². The summed E-state index contributed by atoms with van der Waals surface area (Å²) < 4.78 is 11.1. The van der Waals surface area contributed by atoms with E-state index in [0.717, 1.165) is 72.0 Å². The van der Waals surface area contributed by atoms with Crippen molar-refractivity contribution >= 4 is 11.8 Å². The Hall–Kier alpha value is -1.30. The number of carbonyl (C=O) groups is 2. The van der Waals surface area contributed by atoms with E-state index >= 15 is 0 Å². The van der Waals surface area contributed by atoms with E-state index in [-0.39, 0.29) is 18.4 Å². The lowest BCUT2D eigenvalue weighted by Gasteiger charge is -2.34. The van der Waals surface area contributed by atoms with E-state index in [1.54, 1.807) is 7.05 Å². The number of nitrogens with one attached hydrogen (secondary N) is 2. The van der Waals surface area contributed by atoms with Crippen LogP contribution in [0.4, 0.5) is 0 Å². The van der Waals surface area contributed by atoms with Gasteiger partial charge in [0.2, 0.25) is 11.8 Å². The molecule has 2 aliphatic rings. The molecular formula is C21H42N6O4. The number of likely N-dealkylation sites (N-methyl/N-ethyl adjacent to an activating group) is 1. The van der Waals surface area contributed by atoms with E-state index in [1.165, 1.54) is 0 Å². The number of piperazine rings is 2. The third-order valence-electron chi connectivity index (χ3n) is 5.90. The molecule has 2 heterocycles. The van der Waals surface area contributed by atoms with Gasteiger partial charge in [0.05, 0.1) is 19.8 Å². The number of nitrogens with zero attached hydrogens (tertiary/aromatic N) is 4. The van der Waals surface area contributed by atoms with Gasteiger partial charge in [-0.1, -0.05) is 0 Å². The molecule has 2 saturated heterocycles. The number of amides is 2. The molecule has 10 heteroatoms. The summed E-state index contributed by atoms with van der Waals surface area (Å²) in [7, 11) is 3.78. The summed E-state index contributed by atoms with van der Waals surface area (Å²) in [6.45, 7) is 13.5. The molecule has 2 rings (SSSR count). The number of hydrogen-bond acceptors (Lipinski definition) is 8. The highest BCUT2D eigenvalue weighted by atomic mass is 16.5. The number of carbonyl (C=O) groups excluding carboxylic acids is 2. The molecule has 0 bridgehead atoms. The predicted molar refractivity (Wildman–Crippen MR) is 120 cm³/mol. The zero-order valence-corrected chi connectivity index (χ0v) is 19.4. The van der Waals surface area contributed by atoms with Crippen LogP contribution in [0.25, 0.3) is 0 Å². The highest BCUT2D eigenvalue weighted by Gasteiger charge is 2.17. The van der Waals surface area contributed by atoms with E-state index in [4.69, 9.17) is 9.47 Å². The fourth-order valence-corrected chi connectivity index (χ4v) is 3.66. The van der Waals surface area contributed by atoms with Gasteiger partial charge in [-0.15, -0.1) is 0 Å². The third-order valence-corrected chi connectivity index (χ3v) is 5.90. The van der Waals surface area contributed by atoms with Crippen molar-refractivity contribution in [3.63, 3.8) is 0 Å². The van der Waals surface area contributed by atoms with Crippen molar-refractivity contribution in [2.45, 2.75) is 6.42 Å². The van der Waals surface area contributed by atoms with Crippen LogP contribution in [0.1, 0.15) is 6.42 Å². The van der Waals surface area contributed by atoms with E-state index in [1.807, 2.05) is 0 Å². The van der Waals surface area contributed by atoms with Crippen LogP contribution in [0, 0.1) is 0 Å². The van der Waals surface area contributed by atoms with Gasteiger partial charge in [-0.25, -0.2) is 0 Å². The van der Waals surface area contributed by atoms with Crippen LogP contribution < -0.4 is 10.6 Å². The standard InChI is InChI=1S/C21H42N6O4/c1-22-20(28)3-16-30-17-14-27-12-10-25(11-13-27)5-4-23-21(29)19-31-18-15-26-8-6-24(2)7-9-26/h3-19H2,1-2H3,(H,22,28)(H,23,29). The first-order valence-electron chi connectivity index (χ1n) is 11.5. The molecule has 2 N–H and O–H groups in total. The SMILES string of the molecule is CNC(=O)CCOCCN1CCN(CCNC(=O)COCCN2CCN(C)CC2)CC1. The Kier molecular flexibility index (Phi) is 13.0. The van der Waals surface area contributed by atoms with Crippen LogP contribution in [0.5, 0.6) is 0 Å². The second kappa shape index (κ2) is 15.5. The minimum atomic E-state index is -0.0362. The lowest BCUT2D eigenvalue weighted by atomic mass is 10.3. The van der Waals surface area contributed by atoms with E-state index < -0.39 is 0 Å². The molecule has 31 heavy (non-hydrogen) atoms. The number of rotatable bonds is 14. The first kappa shape index (κ1) is 26.0. The monoisotopic (exact) mass is 442 g/mol. The Morgan fingerprint density at radius 2 is 1.29 bits per heavy atom. The van der Waals surface area contributed by atoms with Crippen LogP contribution in [-0.4, -0.2) is 150 Å². The molecule has 0 unspecified atom stereocenters. The Morgan fingerprint density at radius 1 is 0.742 bits per heavy atom. The molecule has 0 saturated carbocycles. The predicted octanol–water partition coefficient (Wildman–Crippen LogP) is -1.86. The fourth-order valence-electron chi connectivity index (χ4n) is 3.66. The van der Waals surface area contributed by atoms with Gasteiger partial charge in [0.25, 0.3) is 0 Å². The van der Waals surface area contributed by atoms with Gasteiger partial charge in [0.15, 0.2) is 0 Å². The van der Waals surface area contributed by atoms with Crippen LogP contribution in [0.15, 0.2) is 0 Å². The summed E-state index contributed by atoms with van der Waals surface area (Å²) >= 11 is 0. The molecule has 2 amide bonds. The lowest BCUT2D eigenvalue weighted by molar-refractivity contribution is -0.126. The average Bonchev–Trinajstić information content (AvgIpc) is 2.78. The van der Waals surface area contributed by atoms with Crippen molar-refractivity contribution in [1.82, 2.24) is 30.2 Å². The van der Waals surface area contributed by atoms with Crippen molar-refractivity contribution in [2.75, 3.05) is 119 Å². The zero-order valence-electron chi connectivity index (χ0n) is 19.4. The Bertz CT molecular complexity index is 508. The maximum absolute atomic E-state index is 11.9. The molecule has 10 nitrogen and oxygen atoms in total. The molecule has 0 radical (unpaired) electrons. The normalized spacial score (nSPS) is 19.4. The van der Waals surface area contributed by atoms with Gasteiger partial charge in [-0.2, -0.15) is 0 Å². The molecule has 0 aromatic heterocycles. The smallest absolute Gasteiger partial charge is 0.246 e. The van der Waals surface area contributed by atoms with E-state index in [2.05, 4.69) is 37.3 Å². The summed E-state index contributed by atoms with van der Waals surface area (Å²) in [4.78, 5) is 32.5. The van der Waals surface area contributed by atoms with Crippen molar-refractivity contribution < 1.29 is 19.1 Å². The van der Waals surface area contributed by atoms with Gasteiger partial charge in [-0.3, -0.25) is 24.3 Å². The van der Waals surface area contributed by atoms with Gasteiger partial charge >= 0.3 is 0 Å². The quantitative estimate of drug-likeness (QED) is 0.303. The molecule has 0 spiro atoms. The molecule has 0 atom stereocenters. The van der Waals surface area contributed by atoms with Crippen LogP contribution in [0.3, 0.4) is 0 Å². The summed E-state index contributed by atoms with van der Waals surface area (Å²) in [5.74, 6) is -0.0242. The van der Waals surface area contributed by atoms with E-state index in [9.17, 15) is 9.59 Å². The molecule has 2 aliphatic heterocycles. The van der Waals surface area contributed by atoms with Crippen molar-refractivity contribution in [3.05, 3.63) is 0 Å². The van der Waals surface area contributed by atoms with Crippen molar-refractivity contribution in [3.8, 4) is 0 Å².